The highest BCUT2D eigenvalue weighted by molar-refractivity contribution is 5.73. The van der Waals surface area contributed by atoms with Gasteiger partial charge in [0, 0.05) is 0 Å². The van der Waals surface area contributed by atoms with E-state index in [0.29, 0.717) is 12.5 Å². The molecular formula is C25H48O3. The largest absolute Gasteiger partial charge is 0.465 e. The Balaban J connectivity index is 2.30. The molecule has 2 unspecified atom stereocenters. The summed E-state index contributed by atoms with van der Waals surface area (Å²) in [4.78, 5) is 12.4. The molecule has 0 heterocycles. The molecular weight excluding hydrogens is 348 g/mol. The molecule has 0 aromatic carbocycles. The van der Waals surface area contributed by atoms with Gasteiger partial charge < -0.3 is 9.84 Å². The van der Waals surface area contributed by atoms with Crippen LogP contribution >= 0.6 is 0 Å². The SMILES string of the molecule is CCCCCCCCC(CCCCCCCC)COC(=O)C1CCCCC1O. The van der Waals surface area contributed by atoms with Crippen molar-refractivity contribution in [3.63, 3.8) is 0 Å². The molecule has 0 aromatic rings. The molecule has 1 fully saturated rings. The Bertz CT molecular complexity index is 353. The van der Waals surface area contributed by atoms with E-state index in [2.05, 4.69) is 13.8 Å². The van der Waals surface area contributed by atoms with Gasteiger partial charge in [-0.05, 0) is 31.6 Å². The minimum atomic E-state index is -0.489. The fraction of sp³-hybridized carbons (Fsp3) is 0.960. The first-order valence-corrected chi connectivity index (χ1v) is 12.5. The van der Waals surface area contributed by atoms with Crippen LogP contribution in [0.2, 0.25) is 0 Å². The van der Waals surface area contributed by atoms with Crippen LogP contribution in [0.15, 0.2) is 0 Å². The summed E-state index contributed by atoms with van der Waals surface area (Å²) in [5.74, 6) is 0.0719. The lowest BCUT2D eigenvalue weighted by molar-refractivity contribution is -0.155. The zero-order valence-electron chi connectivity index (χ0n) is 18.9. The maximum absolute atomic E-state index is 12.4. The predicted molar refractivity (Wildman–Crippen MR) is 118 cm³/mol. The van der Waals surface area contributed by atoms with Crippen LogP contribution in [-0.4, -0.2) is 23.8 Å². The fourth-order valence-electron chi connectivity index (χ4n) is 4.43. The average molecular weight is 397 g/mol. The Labute approximate surface area is 175 Å². The van der Waals surface area contributed by atoms with Gasteiger partial charge in [0.1, 0.15) is 0 Å². The molecule has 0 aromatic heterocycles. The second-order valence-corrected chi connectivity index (χ2v) is 9.07. The van der Waals surface area contributed by atoms with E-state index in [-0.39, 0.29) is 11.9 Å². The van der Waals surface area contributed by atoms with E-state index in [1.807, 2.05) is 0 Å². The van der Waals surface area contributed by atoms with Gasteiger partial charge in [-0.15, -0.1) is 0 Å². The molecule has 0 radical (unpaired) electrons. The number of esters is 1. The summed E-state index contributed by atoms with van der Waals surface area (Å²) < 4.78 is 5.71. The molecule has 3 nitrogen and oxygen atoms in total. The van der Waals surface area contributed by atoms with Crippen molar-refractivity contribution >= 4 is 5.97 Å². The topological polar surface area (TPSA) is 46.5 Å². The molecule has 28 heavy (non-hydrogen) atoms. The van der Waals surface area contributed by atoms with Gasteiger partial charge in [0.15, 0.2) is 0 Å². The smallest absolute Gasteiger partial charge is 0.311 e. The predicted octanol–water partition coefficient (Wildman–Crippen LogP) is 7.20. The van der Waals surface area contributed by atoms with Gasteiger partial charge in [-0.25, -0.2) is 0 Å². The first-order chi connectivity index (χ1) is 13.7. The van der Waals surface area contributed by atoms with Gasteiger partial charge in [0.25, 0.3) is 0 Å². The number of carbonyl (C=O) groups is 1. The van der Waals surface area contributed by atoms with Crippen molar-refractivity contribution < 1.29 is 14.6 Å². The number of ether oxygens (including phenoxy) is 1. The molecule has 0 spiro atoms. The molecule has 0 bridgehead atoms. The fourth-order valence-corrected chi connectivity index (χ4v) is 4.43. The van der Waals surface area contributed by atoms with Crippen molar-refractivity contribution in [2.24, 2.45) is 11.8 Å². The molecule has 0 saturated heterocycles. The van der Waals surface area contributed by atoms with Gasteiger partial charge >= 0.3 is 5.97 Å². The monoisotopic (exact) mass is 396 g/mol. The number of rotatable bonds is 17. The number of hydrogen-bond donors (Lipinski definition) is 1. The second kappa shape index (κ2) is 17.3. The number of unbranched alkanes of at least 4 members (excludes halogenated alkanes) is 10. The van der Waals surface area contributed by atoms with Crippen LogP contribution in [0, 0.1) is 11.8 Å². The first kappa shape index (κ1) is 25.5. The summed E-state index contributed by atoms with van der Waals surface area (Å²) in [5, 5.41) is 10.1. The molecule has 1 saturated carbocycles. The maximum atomic E-state index is 12.4. The van der Waals surface area contributed by atoms with Crippen LogP contribution in [0.4, 0.5) is 0 Å². The van der Waals surface area contributed by atoms with E-state index < -0.39 is 6.10 Å². The van der Waals surface area contributed by atoms with Gasteiger partial charge in [-0.3, -0.25) is 4.79 Å². The van der Waals surface area contributed by atoms with Crippen LogP contribution in [0.1, 0.15) is 129 Å². The average Bonchev–Trinajstić information content (AvgIpc) is 2.70. The molecule has 0 aliphatic heterocycles. The van der Waals surface area contributed by atoms with E-state index in [1.165, 1.54) is 89.9 Å². The molecule has 1 aliphatic rings. The quantitative estimate of drug-likeness (QED) is 0.209. The summed E-state index contributed by atoms with van der Waals surface area (Å²) in [6, 6.07) is 0. The van der Waals surface area contributed by atoms with Crippen molar-refractivity contribution in [1.29, 1.82) is 0 Å². The zero-order chi connectivity index (χ0) is 20.5. The van der Waals surface area contributed by atoms with Gasteiger partial charge in [-0.1, -0.05) is 104 Å². The van der Waals surface area contributed by atoms with Crippen LogP contribution in [0.3, 0.4) is 0 Å². The summed E-state index contributed by atoms with van der Waals surface area (Å²) in [5.41, 5.74) is 0. The molecule has 3 heteroatoms. The Morgan fingerprint density at radius 1 is 0.821 bits per heavy atom. The Hall–Kier alpha value is -0.570. The number of carbonyl (C=O) groups excluding carboxylic acids is 1. The number of hydrogen-bond acceptors (Lipinski definition) is 3. The highest BCUT2D eigenvalue weighted by atomic mass is 16.5. The standard InChI is InChI=1S/C25H48O3/c1-3-5-7-9-11-13-17-22(18-14-12-10-8-6-4-2)21-28-25(27)23-19-15-16-20-24(23)26/h22-24,26H,3-21H2,1-2H3. The highest BCUT2D eigenvalue weighted by Gasteiger charge is 2.31. The van der Waals surface area contributed by atoms with Crippen molar-refractivity contribution in [3.05, 3.63) is 0 Å². The summed E-state index contributed by atoms with van der Waals surface area (Å²) >= 11 is 0. The lowest BCUT2D eigenvalue weighted by atomic mass is 9.86. The van der Waals surface area contributed by atoms with Crippen LogP contribution in [0.5, 0.6) is 0 Å². The maximum Gasteiger partial charge on any atom is 0.311 e. The first-order valence-electron chi connectivity index (χ1n) is 12.5. The molecule has 2 atom stereocenters. The van der Waals surface area contributed by atoms with Crippen LogP contribution in [-0.2, 0) is 9.53 Å². The Morgan fingerprint density at radius 2 is 1.32 bits per heavy atom. The van der Waals surface area contributed by atoms with Crippen molar-refractivity contribution in [2.75, 3.05) is 6.61 Å². The van der Waals surface area contributed by atoms with Gasteiger partial charge in [0.05, 0.1) is 18.6 Å². The lowest BCUT2D eigenvalue weighted by Crippen LogP contribution is -2.33. The molecule has 166 valence electrons. The van der Waals surface area contributed by atoms with Crippen LogP contribution < -0.4 is 0 Å². The minimum absolute atomic E-state index is 0.150. The third kappa shape index (κ3) is 12.1. The van der Waals surface area contributed by atoms with Crippen molar-refractivity contribution in [1.82, 2.24) is 0 Å². The van der Waals surface area contributed by atoms with E-state index in [4.69, 9.17) is 4.74 Å². The van der Waals surface area contributed by atoms with E-state index in [1.54, 1.807) is 0 Å². The molecule has 1 rings (SSSR count). The number of aliphatic hydroxyl groups is 1. The van der Waals surface area contributed by atoms with Crippen molar-refractivity contribution in [3.8, 4) is 0 Å². The summed E-state index contributed by atoms with van der Waals surface area (Å²) in [7, 11) is 0. The summed E-state index contributed by atoms with van der Waals surface area (Å²) in [6.45, 7) is 5.08. The summed E-state index contributed by atoms with van der Waals surface area (Å²) in [6.07, 6.45) is 21.3. The normalized spacial score (nSPS) is 19.9. The van der Waals surface area contributed by atoms with E-state index in [0.717, 1.165) is 25.7 Å². The highest BCUT2D eigenvalue weighted by Crippen LogP contribution is 2.26. The molecule has 1 aliphatic carbocycles. The second-order valence-electron chi connectivity index (χ2n) is 9.07. The van der Waals surface area contributed by atoms with E-state index in [9.17, 15) is 9.90 Å². The van der Waals surface area contributed by atoms with Crippen molar-refractivity contribution in [2.45, 2.75) is 136 Å². The van der Waals surface area contributed by atoms with E-state index >= 15 is 0 Å². The third-order valence-corrected chi connectivity index (χ3v) is 6.43. The lowest BCUT2D eigenvalue weighted by Gasteiger charge is -2.26. The third-order valence-electron chi connectivity index (χ3n) is 6.43. The minimum Gasteiger partial charge on any atom is -0.465 e. The zero-order valence-corrected chi connectivity index (χ0v) is 18.9. The van der Waals surface area contributed by atoms with Gasteiger partial charge in [-0.2, -0.15) is 0 Å². The van der Waals surface area contributed by atoms with Crippen LogP contribution in [0.25, 0.3) is 0 Å². The Kier molecular flexibility index (Phi) is 15.7. The Morgan fingerprint density at radius 3 is 1.86 bits per heavy atom. The number of aliphatic hydroxyl groups excluding tert-OH is 1. The van der Waals surface area contributed by atoms with Gasteiger partial charge in [0.2, 0.25) is 0 Å². The molecule has 0 amide bonds. The molecule has 1 N–H and O–H groups in total.